The van der Waals surface area contributed by atoms with Gasteiger partial charge < -0.3 is 45.1 Å². The first kappa shape index (κ1) is 47.9. The molecular formula is C37H67N3O11. The molecule has 0 saturated carbocycles. The Balaban J connectivity index is 3.66. The number of nitrogens with one attached hydrogen (secondary N) is 3. The zero-order valence-electron chi connectivity index (χ0n) is 31.2. The number of aliphatic carboxylic acids is 2. The number of hydrogen-bond donors (Lipinski definition) is 5. The lowest BCUT2D eigenvalue weighted by Gasteiger charge is -2.14. The largest absolute Gasteiger partial charge is 0.481 e. The zero-order valence-corrected chi connectivity index (χ0v) is 31.2. The molecule has 0 aliphatic carbocycles. The van der Waals surface area contributed by atoms with Crippen molar-refractivity contribution in [3.63, 3.8) is 0 Å². The molecule has 0 aliphatic rings. The lowest BCUT2D eigenvalue weighted by Crippen LogP contribution is -2.41. The van der Waals surface area contributed by atoms with Gasteiger partial charge in [0.05, 0.1) is 46.2 Å². The number of carboxylic acid groups (broad SMARTS) is 2. The number of ketones is 1. The standard InChI is InChI=1S/C37H67N3O11/c1-31(38-21-23-48-26-28-51-30-32(2)41)29-50-27-25-49-24-22-39-34(42)20-19-33(37(46)47)40-35(43)17-15-13-11-9-7-5-3-4-6-8-10-12-14-16-18-36(44)45/h33,38H,1,3-30H2,2H3,(H,39,42)(H,40,43)(H,44,45)(H,46,47). The number of rotatable bonds is 39. The second-order valence-electron chi connectivity index (χ2n) is 12.8. The molecule has 0 rings (SSSR count). The second-order valence-corrected chi connectivity index (χ2v) is 12.8. The van der Waals surface area contributed by atoms with E-state index in [-0.39, 0.29) is 63.0 Å². The topological polar surface area (TPSA) is 199 Å². The molecule has 51 heavy (non-hydrogen) atoms. The van der Waals surface area contributed by atoms with Crippen LogP contribution in [-0.4, -0.2) is 112 Å². The van der Waals surface area contributed by atoms with Gasteiger partial charge in [0.25, 0.3) is 0 Å². The van der Waals surface area contributed by atoms with Gasteiger partial charge in [-0.2, -0.15) is 0 Å². The van der Waals surface area contributed by atoms with E-state index in [0.29, 0.717) is 58.3 Å². The van der Waals surface area contributed by atoms with Gasteiger partial charge in [0, 0.05) is 38.0 Å². The lowest BCUT2D eigenvalue weighted by molar-refractivity contribution is -0.142. The molecule has 0 fully saturated rings. The summed E-state index contributed by atoms with van der Waals surface area (Å²) in [6, 6.07) is -1.11. The molecule has 14 nitrogen and oxygen atoms in total. The van der Waals surface area contributed by atoms with Crippen molar-refractivity contribution >= 4 is 29.5 Å². The maximum atomic E-state index is 12.3. The highest BCUT2D eigenvalue weighted by Gasteiger charge is 2.20. The predicted octanol–water partition coefficient (Wildman–Crippen LogP) is 4.54. The Morgan fingerprint density at radius 3 is 1.49 bits per heavy atom. The van der Waals surface area contributed by atoms with Gasteiger partial charge in [0.2, 0.25) is 11.8 Å². The van der Waals surface area contributed by atoms with Crippen molar-refractivity contribution in [1.82, 2.24) is 16.0 Å². The van der Waals surface area contributed by atoms with Crippen molar-refractivity contribution < 1.29 is 53.1 Å². The van der Waals surface area contributed by atoms with E-state index in [4.69, 9.17) is 24.1 Å². The molecule has 0 aromatic carbocycles. The van der Waals surface area contributed by atoms with E-state index in [1.807, 2.05) is 0 Å². The van der Waals surface area contributed by atoms with Crippen LogP contribution in [0.15, 0.2) is 12.3 Å². The van der Waals surface area contributed by atoms with Crippen LogP contribution < -0.4 is 16.0 Å². The van der Waals surface area contributed by atoms with Crippen molar-refractivity contribution in [2.75, 3.05) is 65.9 Å². The summed E-state index contributed by atoms with van der Waals surface area (Å²) in [6.45, 7) is 8.80. The Morgan fingerprint density at radius 1 is 0.549 bits per heavy atom. The van der Waals surface area contributed by atoms with Gasteiger partial charge in [-0.25, -0.2) is 4.79 Å². The van der Waals surface area contributed by atoms with Gasteiger partial charge in [0.15, 0.2) is 5.78 Å². The summed E-state index contributed by atoms with van der Waals surface area (Å²) >= 11 is 0. The molecule has 0 aromatic heterocycles. The number of carbonyl (C=O) groups excluding carboxylic acids is 3. The molecule has 2 amide bonds. The van der Waals surface area contributed by atoms with Crippen LogP contribution in [0.2, 0.25) is 0 Å². The lowest BCUT2D eigenvalue weighted by atomic mass is 10.0. The monoisotopic (exact) mass is 729 g/mol. The number of carbonyl (C=O) groups is 5. The average Bonchev–Trinajstić information content (AvgIpc) is 3.08. The normalized spacial score (nSPS) is 11.5. The molecule has 0 aromatic rings. The van der Waals surface area contributed by atoms with E-state index in [0.717, 1.165) is 38.5 Å². The molecule has 5 N–H and O–H groups in total. The Hall–Kier alpha value is -3.07. The average molecular weight is 730 g/mol. The van der Waals surface area contributed by atoms with E-state index in [1.54, 1.807) is 0 Å². The van der Waals surface area contributed by atoms with E-state index < -0.39 is 18.0 Å². The van der Waals surface area contributed by atoms with E-state index in [9.17, 15) is 29.1 Å². The van der Waals surface area contributed by atoms with Crippen LogP contribution in [0.5, 0.6) is 0 Å². The van der Waals surface area contributed by atoms with Gasteiger partial charge >= 0.3 is 11.9 Å². The minimum atomic E-state index is -1.16. The van der Waals surface area contributed by atoms with Crippen LogP contribution in [0.1, 0.15) is 122 Å². The van der Waals surface area contributed by atoms with Gasteiger partial charge in [0.1, 0.15) is 12.6 Å². The fraction of sp³-hybridized carbons (Fsp3) is 0.811. The molecule has 0 bridgehead atoms. The van der Waals surface area contributed by atoms with Gasteiger partial charge in [-0.05, 0) is 26.2 Å². The summed E-state index contributed by atoms with van der Waals surface area (Å²) in [5.74, 6) is -2.51. The van der Waals surface area contributed by atoms with Crippen LogP contribution in [-0.2, 0) is 42.9 Å². The molecule has 296 valence electrons. The highest BCUT2D eigenvalue weighted by Crippen LogP contribution is 2.14. The first-order chi connectivity index (χ1) is 24.6. The summed E-state index contributed by atoms with van der Waals surface area (Å²) in [7, 11) is 0. The number of unbranched alkanes of at least 4 members (excludes halogenated alkanes) is 13. The third kappa shape index (κ3) is 36.5. The van der Waals surface area contributed by atoms with E-state index in [1.165, 1.54) is 51.9 Å². The van der Waals surface area contributed by atoms with Crippen molar-refractivity contribution in [3.8, 4) is 0 Å². The fourth-order valence-corrected chi connectivity index (χ4v) is 5.04. The van der Waals surface area contributed by atoms with Crippen LogP contribution in [0.4, 0.5) is 0 Å². The first-order valence-electron chi connectivity index (χ1n) is 18.8. The molecule has 0 heterocycles. The number of hydrogen-bond acceptors (Lipinski definition) is 10. The maximum Gasteiger partial charge on any atom is 0.326 e. The Morgan fingerprint density at radius 2 is 1.00 bits per heavy atom. The van der Waals surface area contributed by atoms with Crippen molar-refractivity contribution in [1.29, 1.82) is 0 Å². The van der Waals surface area contributed by atoms with Crippen molar-refractivity contribution in [2.45, 2.75) is 129 Å². The smallest absolute Gasteiger partial charge is 0.326 e. The Bertz CT molecular complexity index is 949. The number of amides is 2. The molecular weight excluding hydrogens is 662 g/mol. The second kappa shape index (κ2) is 35.3. The third-order valence-corrected chi connectivity index (χ3v) is 7.85. The van der Waals surface area contributed by atoms with Gasteiger partial charge in [-0.3, -0.25) is 19.2 Å². The maximum absolute atomic E-state index is 12.3. The third-order valence-electron chi connectivity index (χ3n) is 7.85. The van der Waals surface area contributed by atoms with Crippen LogP contribution in [0.25, 0.3) is 0 Å². The molecule has 0 saturated heterocycles. The van der Waals surface area contributed by atoms with Crippen LogP contribution >= 0.6 is 0 Å². The highest BCUT2D eigenvalue weighted by molar-refractivity contribution is 5.84. The van der Waals surface area contributed by atoms with Crippen molar-refractivity contribution in [2.24, 2.45) is 0 Å². The molecule has 1 atom stereocenters. The van der Waals surface area contributed by atoms with Crippen LogP contribution in [0, 0.1) is 0 Å². The molecule has 0 radical (unpaired) electrons. The van der Waals surface area contributed by atoms with Crippen molar-refractivity contribution in [3.05, 3.63) is 12.3 Å². The summed E-state index contributed by atoms with van der Waals surface area (Å²) in [5.41, 5.74) is 0.704. The van der Waals surface area contributed by atoms with Gasteiger partial charge in [-0.1, -0.05) is 83.6 Å². The predicted molar refractivity (Wildman–Crippen MR) is 194 cm³/mol. The summed E-state index contributed by atoms with van der Waals surface area (Å²) in [5, 5.41) is 26.4. The fourth-order valence-electron chi connectivity index (χ4n) is 5.04. The number of carboxylic acids is 2. The quantitative estimate of drug-likeness (QED) is 0.0555. The minimum absolute atomic E-state index is 0.00792. The molecule has 0 spiro atoms. The molecule has 0 aliphatic heterocycles. The Kier molecular flexibility index (Phi) is 33.2. The van der Waals surface area contributed by atoms with Crippen LogP contribution in [0.3, 0.4) is 0 Å². The van der Waals surface area contributed by atoms with Gasteiger partial charge in [-0.15, -0.1) is 0 Å². The summed E-state index contributed by atoms with van der Waals surface area (Å²) < 4.78 is 21.4. The van der Waals surface area contributed by atoms with E-state index >= 15 is 0 Å². The first-order valence-corrected chi connectivity index (χ1v) is 18.8. The SMILES string of the molecule is C=C(COCCOCCNC(=O)CCC(NC(=O)CCCCCCCCCCCCCCCCC(=O)O)C(=O)O)NCCOCCOCC(C)=O. The molecule has 1 unspecified atom stereocenters. The minimum Gasteiger partial charge on any atom is -0.481 e. The summed E-state index contributed by atoms with van der Waals surface area (Å²) in [4.78, 5) is 57.3. The Labute approximate surface area is 305 Å². The highest BCUT2D eigenvalue weighted by atomic mass is 16.5. The molecule has 14 heteroatoms. The zero-order chi connectivity index (χ0) is 37.8. The number of Topliss-reactive ketones (excluding diaryl/α,β-unsaturated/α-hetero) is 1. The summed E-state index contributed by atoms with van der Waals surface area (Å²) in [6.07, 6.45) is 15.8. The van der Waals surface area contributed by atoms with E-state index in [2.05, 4.69) is 22.5 Å². The number of ether oxygens (including phenoxy) is 4.